The lowest BCUT2D eigenvalue weighted by Crippen LogP contribution is -2.14. The minimum Gasteiger partial charge on any atom is -0.324 e. The Morgan fingerprint density at radius 1 is 1.24 bits per heavy atom. The third-order valence-corrected chi connectivity index (χ3v) is 3.22. The van der Waals surface area contributed by atoms with Gasteiger partial charge in [0, 0.05) is 11.6 Å². The SMILES string of the molecule is NC(CC1=CCCCC1)c1cc(F)ccc1F. The Bertz CT molecular complexity index is 426. The third-order valence-electron chi connectivity index (χ3n) is 3.22. The molecule has 1 nitrogen and oxygen atoms in total. The number of nitrogens with two attached hydrogens (primary N) is 1. The number of halogens is 2. The molecule has 0 spiro atoms. The van der Waals surface area contributed by atoms with Gasteiger partial charge in [-0.1, -0.05) is 11.6 Å². The molecule has 0 radical (unpaired) electrons. The monoisotopic (exact) mass is 237 g/mol. The Morgan fingerprint density at radius 2 is 2.06 bits per heavy atom. The Hall–Kier alpha value is -1.22. The average Bonchev–Trinajstić information content (AvgIpc) is 2.33. The molecule has 0 aliphatic heterocycles. The summed E-state index contributed by atoms with van der Waals surface area (Å²) in [6, 6.07) is 3.00. The Balaban J connectivity index is 2.10. The van der Waals surface area contributed by atoms with Gasteiger partial charge in [-0.15, -0.1) is 0 Å². The first-order valence-electron chi connectivity index (χ1n) is 6.05. The summed E-state index contributed by atoms with van der Waals surface area (Å²) in [6.07, 6.45) is 7.30. The number of hydrogen-bond acceptors (Lipinski definition) is 1. The maximum Gasteiger partial charge on any atom is 0.128 e. The van der Waals surface area contributed by atoms with Gasteiger partial charge in [0.2, 0.25) is 0 Å². The number of hydrogen-bond donors (Lipinski definition) is 1. The zero-order valence-electron chi connectivity index (χ0n) is 9.76. The normalized spacial score (nSPS) is 17.7. The van der Waals surface area contributed by atoms with Crippen LogP contribution in [0.4, 0.5) is 8.78 Å². The molecule has 1 atom stereocenters. The number of allylic oxidation sites excluding steroid dienone is 1. The van der Waals surface area contributed by atoms with Crippen molar-refractivity contribution in [2.45, 2.75) is 38.1 Å². The molecule has 1 aromatic rings. The van der Waals surface area contributed by atoms with E-state index in [0.717, 1.165) is 25.0 Å². The highest BCUT2D eigenvalue weighted by Gasteiger charge is 2.15. The molecule has 2 rings (SSSR count). The van der Waals surface area contributed by atoms with Gasteiger partial charge in [0.05, 0.1) is 0 Å². The van der Waals surface area contributed by atoms with Crippen LogP contribution < -0.4 is 5.73 Å². The summed E-state index contributed by atoms with van der Waals surface area (Å²) in [6.45, 7) is 0. The van der Waals surface area contributed by atoms with Crippen LogP contribution in [0.2, 0.25) is 0 Å². The summed E-state index contributed by atoms with van der Waals surface area (Å²) >= 11 is 0. The molecule has 0 saturated carbocycles. The van der Waals surface area contributed by atoms with Crippen LogP contribution in [-0.4, -0.2) is 0 Å². The second-order valence-corrected chi connectivity index (χ2v) is 4.58. The molecule has 1 unspecified atom stereocenters. The van der Waals surface area contributed by atoms with Crippen molar-refractivity contribution in [2.75, 3.05) is 0 Å². The molecule has 0 amide bonds. The molecule has 0 aromatic heterocycles. The van der Waals surface area contributed by atoms with Crippen LogP contribution in [0, 0.1) is 11.6 Å². The molecule has 1 aliphatic rings. The first-order chi connectivity index (χ1) is 8.16. The van der Waals surface area contributed by atoms with Gasteiger partial charge in [-0.2, -0.15) is 0 Å². The molecule has 1 aromatic carbocycles. The fourth-order valence-electron chi connectivity index (χ4n) is 2.28. The molecule has 0 bridgehead atoms. The molecular formula is C14H17F2N. The van der Waals surface area contributed by atoms with E-state index in [1.165, 1.54) is 24.5 Å². The summed E-state index contributed by atoms with van der Waals surface area (Å²) < 4.78 is 26.6. The fourth-order valence-corrected chi connectivity index (χ4v) is 2.28. The van der Waals surface area contributed by atoms with Gasteiger partial charge in [-0.3, -0.25) is 0 Å². The molecule has 0 fully saturated rings. The smallest absolute Gasteiger partial charge is 0.128 e. The summed E-state index contributed by atoms with van der Waals surface area (Å²) in [5.74, 6) is -0.857. The van der Waals surface area contributed by atoms with Crippen LogP contribution in [0.5, 0.6) is 0 Å². The standard InChI is InChI=1S/C14H17F2N/c15-11-6-7-13(16)12(9-11)14(17)8-10-4-2-1-3-5-10/h4,6-7,9,14H,1-3,5,8,17H2. The van der Waals surface area contributed by atoms with Crippen LogP contribution in [0.1, 0.15) is 43.7 Å². The van der Waals surface area contributed by atoms with E-state index in [2.05, 4.69) is 6.08 Å². The predicted molar refractivity (Wildman–Crippen MR) is 64.5 cm³/mol. The lowest BCUT2D eigenvalue weighted by Gasteiger charge is -2.18. The van der Waals surface area contributed by atoms with Crippen LogP contribution in [0.3, 0.4) is 0 Å². The van der Waals surface area contributed by atoms with E-state index in [4.69, 9.17) is 5.73 Å². The van der Waals surface area contributed by atoms with Crippen LogP contribution in [0.25, 0.3) is 0 Å². The van der Waals surface area contributed by atoms with Gasteiger partial charge < -0.3 is 5.73 Å². The van der Waals surface area contributed by atoms with Gasteiger partial charge in [0.1, 0.15) is 11.6 Å². The van der Waals surface area contributed by atoms with Gasteiger partial charge >= 0.3 is 0 Å². The van der Waals surface area contributed by atoms with E-state index >= 15 is 0 Å². The van der Waals surface area contributed by atoms with Crippen molar-refractivity contribution in [3.8, 4) is 0 Å². The highest BCUT2D eigenvalue weighted by atomic mass is 19.1. The Morgan fingerprint density at radius 3 is 2.76 bits per heavy atom. The van der Waals surface area contributed by atoms with Crippen molar-refractivity contribution in [1.29, 1.82) is 0 Å². The van der Waals surface area contributed by atoms with Crippen molar-refractivity contribution in [2.24, 2.45) is 5.73 Å². The fraction of sp³-hybridized carbons (Fsp3) is 0.429. The lowest BCUT2D eigenvalue weighted by molar-refractivity contribution is 0.552. The zero-order valence-corrected chi connectivity index (χ0v) is 9.76. The van der Waals surface area contributed by atoms with Gasteiger partial charge in [0.15, 0.2) is 0 Å². The quantitative estimate of drug-likeness (QED) is 0.794. The van der Waals surface area contributed by atoms with Crippen molar-refractivity contribution in [3.05, 3.63) is 47.0 Å². The van der Waals surface area contributed by atoms with Crippen molar-refractivity contribution < 1.29 is 8.78 Å². The van der Waals surface area contributed by atoms with Gasteiger partial charge in [0.25, 0.3) is 0 Å². The molecule has 0 saturated heterocycles. The first kappa shape index (κ1) is 12.2. The summed E-state index contributed by atoms with van der Waals surface area (Å²) in [4.78, 5) is 0. The van der Waals surface area contributed by atoms with Crippen LogP contribution in [0.15, 0.2) is 29.8 Å². The van der Waals surface area contributed by atoms with Gasteiger partial charge in [-0.05, 0) is 50.3 Å². The minimum absolute atomic E-state index is 0.275. The van der Waals surface area contributed by atoms with Crippen molar-refractivity contribution >= 4 is 0 Å². The van der Waals surface area contributed by atoms with Crippen molar-refractivity contribution in [1.82, 2.24) is 0 Å². The molecular weight excluding hydrogens is 220 g/mol. The number of benzene rings is 1. The van der Waals surface area contributed by atoms with E-state index < -0.39 is 17.7 Å². The van der Waals surface area contributed by atoms with E-state index in [0.29, 0.717) is 6.42 Å². The zero-order chi connectivity index (χ0) is 12.3. The largest absolute Gasteiger partial charge is 0.324 e. The molecule has 2 N–H and O–H groups in total. The van der Waals surface area contributed by atoms with Crippen LogP contribution in [-0.2, 0) is 0 Å². The second-order valence-electron chi connectivity index (χ2n) is 4.58. The highest BCUT2D eigenvalue weighted by Crippen LogP contribution is 2.27. The highest BCUT2D eigenvalue weighted by molar-refractivity contribution is 5.24. The minimum atomic E-state index is -0.449. The van der Waals surface area contributed by atoms with E-state index in [-0.39, 0.29) is 5.56 Å². The molecule has 1 aliphatic carbocycles. The Kier molecular flexibility index (Phi) is 3.89. The maximum absolute atomic E-state index is 13.5. The number of rotatable bonds is 3. The average molecular weight is 237 g/mol. The first-order valence-corrected chi connectivity index (χ1v) is 6.05. The van der Waals surface area contributed by atoms with Crippen LogP contribution >= 0.6 is 0 Å². The molecule has 17 heavy (non-hydrogen) atoms. The summed E-state index contributed by atoms with van der Waals surface area (Å²) in [5, 5.41) is 0. The van der Waals surface area contributed by atoms with E-state index in [1.54, 1.807) is 0 Å². The third kappa shape index (κ3) is 3.13. The molecule has 0 heterocycles. The van der Waals surface area contributed by atoms with E-state index in [9.17, 15) is 8.78 Å². The van der Waals surface area contributed by atoms with E-state index in [1.807, 2.05) is 0 Å². The molecule has 3 heteroatoms. The predicted octanol–water partition coefficient (Wildman–Crippen LogP) is 3.86. The summed E-state index contributed by atoms with van der Waals surface area (Å²) in [5.41, 5.74) is 7.49. The maximum atomic E-state index is 13.5. The van der Waals surface area contributed by atoms with Gasteiger partial charge in [-0.25, -0.2) is 8.78 Å². The lowest BCUT2D eigenvalue weighted by atomic mass is 9.92. The molecule has 92 valence electrons. The summed E-state index contributed by atoms with van der Waals surface area (Å²) in [7, 11) is 0. The topological polar surface area (TPSA) is 26.0 Å². The second kappa shape index (κ2) is 5.41. The van der Waals surface area contributed by atoms with Crippen molar-refractivity contribution in [3.63, 3.8) is 0 Å². The Labute approximate surface area is 100 Å².